The van der Waals surface area contributed by atoms with Crippen molar-refractivity contribution in [2.45, 2.75) is 71.0 Å². The van der Waals surface area contributed by atoms with Crippen LogP contribution < -0.4 is 0 Å². The molecular weight excluding hydrogens is 158 g/mol. The minimum absolute atomic E-state index is 0.762. The van der Waals surface area contributed by atoms with Gasteiger partial charge in [0, 0.05) is 18.1 Å². The van der Waals surface area contributed by atoms with Gasteiger partial charge in [0.15, 0.2) is 0 Å². The third kappa shape index (κ3) is 1.52. The predicted octanol–water partition coefficient (Wildman–Crippen LogP) is 3.05. The van der Waals surface area contributed by atoms with Gasteiger partial charge >= 0.3 is 0 Å². The second-order valence-corrected chi connectivity index (χ2v) is 5.10. The van der Waals surface area contributed by atoms with Crippen molar-refractivity contribution >= 4 is 0 Å². The fourth-order valence-corrected chi connectivity index (χ4v) is 3.61. The molecule has 76 valence electrons. The highest BCUT2D eigenvalue weighted by molar-refractivity contribution is 4.97. The topological polar surface area (TPSA) is 3.24 Å². The number of hydrogen-bond donors (Lipinski definition) is 0. The first-order valence-electron chi connectivity index (χ1n) is 6.01. The molecule has 0 aromatic rings. The average Bonchev–Trinajstić information content (AvgIpc) is 2.59. The molecular formula is C12H23N. The van der Waals surface area contributed by atoms with Crippen LogP contribution in [0.4, 0.5) is 0 Å². The molecule has 1 heteroatoms. The van der Waals surface area contributed by atoms with Crippen LogP contribution in [0.15, 0.2) is 0 Å². The van der Waals surface area contributed by atoms with Gasteiger partial charge in [-0.05, 0) is 45.4 Å². The molecule has 1 aliphatic carbocycles. The fraction of sp³-hybridized carbons (Fsp3) is 1.00. The summed E-state index contributed by atoms with van der Waals surface area (Å²) in [5.41, 5.74) is 0. The van der Waals surface area contributed by atoms with Crippen LogP contribution in [0.5, 0.6) is 0 Å². The van der Waals surface area contributed by atoms with Crippen LogP contribution in [-0.4, -0.2) is 23.0 Å². The van der Waals surface area contributed by atoms with Crippen LogP contribution in [0.3, 0.4) is 0 Å². The van der Waals surface area contributed by atoms with Crippen LogP contribution in [-0.2, 0) is 0 Å². The Labute approximate surface area is 82.5 Å². The van der Waals surface area contributed by atoms with Crippen LogP contribution in [0.25, 0.3) is 0 Å². The smallest absolute Gasteiger partial charge is 0.0130 e. The monoisotopic (exact) mass is 181 g/mol. The number of hydrogen-bond acceptors (Lipinski definition) is 1. The zero-order valence-corrected chi connectivity index (χ0v) is 9.29. The Morgan fingerprint density at radius 1 is 1.31 bits per heavy atom. The van der Waals surface area contributed by atoms with Gasteiger partial charge < -0.3 is 0 Å². The number of rotatable bonds is 2. The quantitative estimate of drug-likeness (QED) is 0.633. The Kier molecular flexibility index (Phi) is 2.64. The van der Waals surface area contributed by atoms with Crippen molar-refractivity contribution in [1.82, 2.24) is 4.90 Å². The van der Waals surface area contributed by atoms with E-state index in [0.717, 1.165) is 24.0 Å². The second kappa shape index (κ2) is 3.61. The van der Waals surface area contributed by atoms with E-state index < -0.39 is 0 Å². The van der Waals surface area contributed by atoms with Gasteiger partial charge in [-0.2, -0.15) is 0 Å². The summed E-state index contributed by atoms with van der Waals surface area (Å²) >= 11 is 0. The van der Waals surface area contributed by atoms with Gasteiger partial charge in [0.2, 0.25) is 0 Å². The molecule has 1 nitrogen and oxygen atoms in total. The van der Waals surface area contributed by atoms with E-state index in [-0.39, 0.29) is 0 Å². The number of fused-ring (bicyclic) bond motifs is 1. The molecule has 0 bridgehead atoms. The molecule has 1 saturated carbocycles. The molecule has 2 fully saturated rings. The van der Waals surface area contributed by atoms with Crippen molar-refractivity contribution in [3.63, 3.8) is 0 Å². The third-order valence-corrected chi connectivity index (χ3v) is 4.07. The fourth-order valence-electron chi connectivity index (χ4n) is 3.61. The van der Waals surface area contributed by atoms with Crippen molar-refractivity contribution in [2.75, 3.05) is 0 Å². The van der Waals surface area contributed by atoms with Crippen molar-refractivity contribution in [2.24, 2.45) is 5.92 Å². The van der Waals surface area contributed by atoms with Crippen molar-refractivity contribution in [3.8, 4) is 0 Å². The molecule has 2 unspecified atom stereocenters. The van der Waals surface area contributed by atoms with Crippen LogP contribution >= 0.6 is 0 Å². The Bertz CT molecular complexity index is 176. The van der Waals surface area contributed by atoms with E-state index in [9.17, 15) is 0 Å². The maximum absolute atomic E-state index is 2.80. The molecule has 0 amide bonds. The van der Waals surface area contributed by atoms with E-state index in [2.05, 4.69) is 25.7 Å². The molecule has 0 radical (unpaired) electrons. The molecule has 2 rings (SSSR count). The van der Waals surface area contributed by atoms with Crippen molar-refractivity contribution in [1.29, 1.82) is 0 Å². The molecule has 0 N–H and O–H groups in total. The largest absolute Gasteiger partial charge is 0.295 e. The molecule has 0 spiro atoms. The Morgan fingerprint density at radius 2 is 2.08 bits per heavy atom. The molecule has 1 heterocycles. The zero-order chi connectivity index (χ0) is 9.42. The van der Waals surface area contributed by atoms with E-state index in [0.29, 0.717) is 0 Å². The first-order chi connectivity index (χ1) is 6.24. The first kappa shape index (κ1) is 9.51. The summed E-state index contributed by atoms with van der Waals surface area (Å²) in [5, 5.41) is 0. The van der Waals surface area contributed by atoms with Gasteiger partial charge in [-0.1, -0.05) is 13.3 Å². The number of likely N-dealkylation sites (tertiary alicyclic amines) is 1. The molecule has 13 heavy (non-hydrogen) atoms. The Morgan fingerprint density at radius 3 is 2.69 bits per heavy atom. The highest BCUT2D eigenvalue weighted by Gasteiger charge is 2.43. The summed E-state index contributed by atoms with van der Waals surface area (Å²) in [6, 6.07) is 2.61. The van der Waals surface area contributed by atoms with Gasteiger partial charge in [-0.25, -0.2) is 0 Å². The predicted molar refractivity (Wildman–Crippen MR) is 56.8 cm³/mol. The van der Waals surface area contributed by atoms with Gasteiger partial charge in [-0.3, -0.25) is 4.90 Å². The van der Waals surface area contributed by atoms with E-state index in [1.54, 1.807) is 0 Å². The van der Waals surface area contributed by atoms with Gasteiger partial charge in [0.05, 0.1) is 0 Å². The van der Waals surface area contributed by atoms with E-state index in [1.807, 2.05) is 0 Å². The average molecular weight is 181 g/mol. The van der Waals surface area contributed by atoms with Crippen LogP contribution in [0.2, 0.25) is 0 Å². The third-order valence-electron chi connectivity index (χ3n) is 4.07. The molecule has 1 aliphatic heterocycles. The first-order valence-corrected chi connectivity index (χ1v) is 6.01. The zero-order valence-electron chi connectivity index (χ0n) is 9.29. The Hall–Kier alpha value is -0.0400. The lowest BCUT2D eigenvalue weighted by Crippen LogP contribution is -2.41. The van der Waals surface area contributed by atoms with Crippen LogP contribution in [0.1, 0.15) is 52.9 Å². The lowest BCUT2D eigenvalue weighted by molar-refractivity contribution is 0.140. The Balaban J connectivity index is 2.10. The maximum Gasteiger partial charge on any atom is 0.0130 e. The highest BCUT2D eigenvalue weighted by Crippen LogP contribution is 2.42. The summed E-state index contributed by atoms with van der Waals surface area (Å²) in [5.74, 6) is 1.05. The molecule has 3 atom stereocenters. The van der Waals surface area contributed by atoms with E-state index in [4.69, 9.17) is 0 Å². The lowest BCUT2D eigenvalue weighted by atomic mass is 10.0. The summed E-state index contributed by atoms with van der Waals surface area (Å²) in [6.45, 7) is 7.08. The molecule has 0 aromatic carbocycles. The van der Waals surface area contributed by atoms with Gasteiger partial charge in [-0.15, -0.1) is 0 Å². The second-order valence-electron chi connectivity index (χ2n) is 5.10. The summed E-state index contributed by atoms with van der Waals surface area (Å²) in [6.07, 6.45) is 7.29. The highest BCUT2D eigenvalue weighted by atomic mass is 15.2. The van der Waals surface area contributed by atoms with Crippen LogP contribution in [0, 0.1) is 5.92 Å². The standard InChI is InChI=1S/C12H23N/c1-4-11-8-10-6-5-7-12(10)13(11)9(2)3/h9-12H,4-8H2,1-3H3/t10?,11-,12?/m1/s1. The SMILES string of the molecule is CC[C@@H]1CC2CCCC2N1C(C)C. The molecule has 1 saturated heterocycles. The van der Waals surface area contributed by atoms with Gasteiger partial charge in [0.1, 0.15) is 0 Å². The minimum Gasteiger partial charge on any atom is -0.295 e. The van der Waals surface area contributed by atoms with Crippen molar-refractivity contribution < 1.29 is 0 Å². The summed E-state index contributed by atoms with van der Waals surface area (Å²) < 4.78 is 0. The molecule has 2 aliphatic rings. The van der Waals surface area contributed by atoms with Crippen molar-refractivity contribution in [3.05, 3.63) is 0 Å². The minimum atomic E-state index is 0.762. The maximum atomic E-state index is 2.80. The number of nitrogens with zero attached hydrogens (tertiary/aromatic N) is 1. The normalized spacial score (nSPS) is 40.2. The van der Waals surface area contributed by atoms with E-state index >= 15 is 0 Å². The lowest BCUT2D eigenvalue weighted by Gasteiger charge is -2.32. The van der Waals surface area contributed by atoms with Gasteiger partial charge in [0.25, 0.3) is 0 Å². The molecule has 0 aromatic heterocycles. The summed E-state index contributed by atoms with van der Waals surface area (Å²) in [4.78, 5) is 2.80. The summed E-state index contributed by atoms with van der Waals surface area (Å²) in [7, 11) is 0. The van der Waals surface area contributed by atoms with E-state index in [1.165, 1.54) is 32.1 Å².